The molecule has 1 atom stereocenters. The molecule has 0 bridgehead atoms. The summed E-state index contributed by atoms with van der Waals surface area (Å²) in [6.45, 7) is 0. The van der Waals surface area contributed by atoms with Crippen LogP contribution in [0.25, 0.3) is 0 Å². The lowest BCUT2D eigenvalue weighted by molar-refractivity contribution is -0.138. The Kier molecular flexibility index (Phi) is 7.66. The number of benzene rings is 3. The van der Waals surface area contributed by atoms with E-state index < -0.39 is 78.9 Å². The first kappa shape index (κ1) is 27.7. The minimum Gasteiger partial charge on any atom is -0.379 e. The molecular weight excluding hydrogens is 526 g/mol. The van der Waals surface area contributed by atoms with Gasteiger partial charge in [-0.2, -0.15) is 18.4 Å². The number of anilines is 1. The number of nitriles is 1. The van der Waals surface area contributed by atoms with Gasteiger partial charge in [0, 0.05) is 18.2 Å². The van der Waals surface area contributed by atoms with Gasteiger partial charge in [-0.1, -0.05) is 0 Å². The molecule has 0 aliphatic carbocycles. The van der Waals surface area contributed by atoms with Gasteiger partial charge in [0.25, 0.3) is 5.91 Å². The second-order valence-electron chi connectivity index (χ2n) is 8.02. The van der Waals surface area contributed by atoms with Crippen molar-refractivity contribution in [3.8, 4) is 6.07 Å². The van der Waals surface area contributed by atoms with Crippen molar-refractivity contribution >= 4 is 21.4 Å². The van der Waals surface area contributed by atoms with Gasteiger partial charge in [0.2, 0.25) is 0 Å². The van der Waals surface area contributed by atoms with Crippen molar-refractivity contribution in [3.05, 3.63) is 94.8 Å². The van der Waals surface area contributed by atoms with Crippen LogP contribution in [0.2, 0.25) is 0 Å². The second-order valence-corrected chi connectivity index (χ2v) is 10.0. The van der Waals surface area contributed by atoms with E-state index in [0.29, 0.717) is 12.1 Å². The highest BCUT2D eigenvalue weighted by atomic mass is 32.2. The van der Waals surface area contributed by atoms with E-state index in [1.807, 2.05) is 5.32 Å². The van der Waals surface area contributed by atoms with Gasteiger partial charge >= 0.3 is 6.18 Å². The fraction of sp³-hybridized carbons (Fsp3) is 0.167. The normalized spacial score (nSPS) is 13.5. The zero-order valence-corrected chi connectivity index (χ0v) is 19.3. The van der Waals surface area contributed by atoms with Crippen LogP contribution in [0.15, 0.2) is 65.6 Å². The highest BCUT2D eigenvalue weighted by molar-refractivity contribution is 7.91. The number of hydrogen-bond acceptors (Lipinski definition) is 5. The Bertz CT molecular complexity index is 1460. The van der Waals surface area contributed by atoms with Crippen LogP contribution < -0.4 is 5.32 Å². The largest absolute Gasteiger partial charge is 0.417 e. The molecule has 6 nitrogen and oxygen atoms in total. The SMILES string of the molecule is N#Cc1ccc(NC(=O)[C@](O)(Cc2cc(F)cc(F)c2)CS(=O)(=O)c2ccc(F)cc2)cc1C(F)(F)F. The zero-order chi connectivity index (χ0) is 27.6. The van der Waals surface area contributed by atoms with E-state index in [-0.39, 0.29) is 5.56 Å². The quantitative estimate of drug-likeness (QED) is 0.341. The fourth-order valence-corrected chi connectivity index (χ4v) is 5.07. The molecule has 0 saturated carbocycles. The van der Waals surface area contributed by atoms with Gasteiger partial charge in [0.1, 0.15) is 17.5 Å². The molecule has 13 heteroatoms. The van der Waals surface area contributed by atoms with Crippen molar-refractivity contribution in [2.24, 2.45) is 0 Å². The van der Waals surface area contributed by atoms with E-state index >= 15 is 0 Å². The maximum Gasteiger partial charge on any atom is 0.417 e. The van der Waals surface area contributed by atoms with E-state index in [0.717, 1.165) is 48.5 Å². The van der Waals surface area contributed by atoms with Crippen LogP contribution in [0.1, 0.15) is 16.7 Å². The zero-order valence-electron chi connectivity index (χ0n) is 18.5. The lowest BCUT2D eigenvalue weighted by Gasteiger charge is -2.27. The molecule has 0 aliphatic rings. The van der Waals surface area contributed by atoms with Crippen LogP contribution in [0, 0.1) is 28.8 Å². The Morgan fingerprint density at radius 2 is 1.51 bits per heavy atom. The van der Waals surface area contributed by atoms with Crippen LogP contribution in [-0.2, 0) is 27.2 Å². The molecule has 1 amide bonds. The number of nitrogens with zero attached hydrogens (tertiary/aromatic N) is 1. The summed E-state index contributed by atoms with van der Waals surface area (Å²) in [5.74, 6) is -5.86. The van der Waals surface area contributed by atoms with Crippen LogP contribution >= 0.6 is 0 Å². The highest BCUT2D eigenvalue weighted by Gasteiger charge is 2.42. The molecule has 3 aromatic rings. The van der Waals surface area contributed by atoms with Crippen molar-refractivity contribution in [2.45, 2.75) is 23.1 Å². The molecule has 3 aromatic carbocycles. The lowest BCUT2D eigenvalue weighted by atomic mass is 9.95. The second kappa shape index (κ2) is 10.2. The number of nitrogens with one attached hydrogen (secondary N) is 1. The number of amides is 1. The third kappa shape index (κ3) is 6.66. The predicted molar refractivity (Wildman–Crippen MR) is 118 cm³/mol. The fourth-order valence-electron chi connectivity index (χ4n) is 3.49. The molecule has 0 unspecified atom stereocenters. The Labute approximate surface area is 206 Å². The Balaban J connectivity index is 2.03. The molecule has 0 spiro atoms. The summed E-state index contributed by atoms with van der Waals surface area (Å²) in [6.07, 6.45) is -5.94. The first-order chi connectivity index (χ1) is 17.1. The summed E-state index contributed by atoms with van der Waals surface area (Å²) in [7, 11) is -4.54. The number of rotatable bonds is 7. The molecule has 3 rings (SSSR count). The summed E-state index contributed by atoms with van der Waals surface area (Å²) in [5, 5.41) is 22.1. The average Bonchev–Trinajstić information content (AvgIpc) is 2.77. The van der Waals surface area contributed by atoms with Crippen LogP contribution in [0.3, 0.4) is 0 Å². The van der Waals surface area contributed by atoms with Gasteiger partial charge in [-0.25, -0.2) is 21.6 Å². The molecule has 0 aliphatic heterocycles. The number of alkyl halides is 3. The minimum absolute atomic E-state index is 0.333. The number of hydrogen-bond donors (Lipinski definition) is 2. The molecule has 0 radical (unpaired) electrons. The molecule has 0 fully saturated rings. The van der Waals surface area contributed by atoms with Crippen molar-refractivity contribution in [3.63, 3.8) is 0 Å². The number of aliphatic hydroxyl groups is 1. The number of sulfone groups is 1. The number of halogens is 6. The number of carbonyl (C=O) groups excluding carboxylic acids is 1. The van der Waals surface area contributed by atoms with Crippen molar-refractivity contribution in [1.82, 2.24) is 0 Å². The highest BCUT2D eigenvalue weighted by Crippen LogP contribution is 2.34. The third-order valence-corrected chi connectivity index (χ3v) is 6.99. The molecule has 0 saturated heterocycles. The van der Waals surface area contributed by atoms with E-state index in [1.165, 1.54) is 6.07 Å². The van der Waals surface area contributed by atoms with Crippen LogP contribution in [-0.4, -0.2) is 30.8 Å². The lowest BCUT2D eigenvalue weighted by Crippen LogP contribution is -2.50. The van der Waals surface area contributed by atoms with Gasteiger partial charge in [-0.3, -0.25) is 4.79 Å². The van der Waals surface area contributed by atoms with Crippen molar-refractivity contribution in [1.29, 1.82) is 5.26 Å². The van der Waals surface area contributed by atoms with E-state index in [1.54, 1.807) is 0 Å². The predicted octanol–water partition coefficient (Wildman–Crippen LogP) is 4.38. The maximum atomic E-state index is 13.7. The summed E-state index contributed by atoms with van der Waals surface area (Å²) in [4.78, 5) is 12.6. The number of carbonyl (C=O) groups is 1. The van der Waals surface area contributed by atoms with Crippen molar-refractivity contribution in [2.75, 3.05) is 11.1 Å². The first-order valence-electron chi connectivity index (χ1n) is 10.2. The maximum absolute atomic E-state index is 13.7. The topological polar surface area (TPSA) is 107 Å². The van der Waals surface area contributed by atoms with Gasteiger partial charge < -0.3 is 10.4 Å². The summed E-state index contributed by atoms with van der Waals surface area (Å²) in [6, 6.07) is 8.74. The summed E-state index contributed by atoms with van der Waals surface area (Å²) in [5.41, 5.74) is -5.99. The monoisotopic (exact) mass is 542 g/mol. The molecule has 0 heterocycles. The summed E-state index contributed by atoms with van der Waals surface area (Å²) >= 11 is 0. The van der Waals surface area contributed by atoms with Crippen molar-refractivity contribution < 1.29 is 44.7 Å². The van der Waals surface area contributed by atoms with Gasteiger partial charge in [0.15, 0.2) is 15.4 Å². The molecule has 0 aromatic heterocycles. The average molecular weight is 542 g/mol. The molecular formula is C24H16F6N2O4S. The minimum atomic E-state index is -4.98. The van der Waals surface area contributed by atoms with Crippen LogP contribution in [0.4, 0.5) is 32.0 Å². The van der Waals surface area contributed by atoms with Gasteiger partial charge in [-0.05, 0) is 60.2 Å². The Morgan fingerprint density at radius 3 is 2.05 bits per heavy atom. The van der Waals surface area contributed by atoms with E-state index in [9.17, 15) is 44.7 Å². The summed E-state index contributed by atoms with van der Waals surface area (Å²) < 4.78 is 106. The Morgan fingerprint density at radius 1 is 0.919 bits per heavy atom. The first-order valence-corrected chi connectivity index (χ1v) is 11.9. The standard InChI is InChI=1S/C24H16F6N2O4S/c25-16-2-5-20(6-3-16)37(35,36)13-23(34,11-14-7-17(26)9-18(27)8-14)22(33)32-19-4-1-15(12-31)21(10-19)24(28,29)30/h1-10,34H,11,13H2,(H,32,33)/t23-/m0/s1. The molecule has 2 N–H and O–H groups in total. The molecule has 37 heavy (non-hydrogen) atoms. The Hall–Kier alpha value is -3.89. The van der Waals surface area contributed by atoms with Gasteiger partial charge in [0.05, 0.1) is 27.8 Å². The van der Waals surface area contributed by atoms with E-state index in [4.69, 9.17) is 5.26 Å². The third-order valence-electron chi connectivity index (χ3n) is 5.15. The van der Waals surface area contributed by atoms with Crippen LogP contribution in [0.5, 0.6) is 0 Å². The smallest absolute Gasteiger partial charge is 0.379 e. The van der Waals surface area contributed by atoms with E-state index in [2.05, 4.69) is 0 Å². The van der Waals surface area contributed by atoms with Gasteiger partial charge in [-0.15, -0.1) is 0 Å². The molecule has 194 valence electrons.